The van der Waals surface area contributed by atoms with Gasteiger partial charge >= 0.3 is 0 Å². The molecule has 0 bridgehead atoms. The number of nitrogens with two attached hydrogens (primary N) is 1. The maximum Gasteiger partial charge on any atom is 0.119 e. The van der Waals surface area contributed by atoms with Crippen LogP contribution in [-0.4, -0.2) is 13.2 Å². The fourth-order valence-corrected chi connectivity index (χ4v) is 2.40. The highest BCUT2D eigenvalue weighted by atomic mass is 16.5. The molecule has 2 unspecified atom stereocenters. The molecule has 1 fully saturated rings. The Labute approximate surface area is 103 Å². The summed E-state index contributed by atoms with van der Waals surface area (Å²) in [6.45, 7) is 2.29. The molecule has 3 nitrogen and oxygen atoms in total. The number of hydrazine groups is 1. The molecule has 1 aliphatic carbocycles. The predicted octanol–water partition coefficient (Wildman–Crippen LogP) is 2.12. The second kappa shape index (κ2) is 5.52. The van der Waals surface area contributed by atoms with Gasteiger partial charge in [0.2, 0.25) is 0 Å². The van der Waals surface area contributed by atoms with Gasteiger partial charge in [0.1, 0.15) is 5.75 Å². The van der Waals surface area contributed by atoms with Gasteiger partial charge in [-0.25, -0.2) is 0 Å². The van der Waals surface area contributed by atoms with Crippen molar-refractivity contribution < 1.29 is 4.74 Å². The van der Waals surface area contributed by atoms with E-state index >= 15 is 0 Å². The van der Waals surface area contributed by atoms with Crippen LogP contribution in [0.15, 0.2) is 24.3 Å². The van der Waals surface area contributed by atoms with Gasteiger partial charge in [-0.1, -0.05) is 19.1 Å². The first-order chi connectivity index (χ1) is 8.24. The Hall–Kier alpha value is -1.06. The minimum absolute atomic E-state index is 0.356. The fourth-order valence-electron chi connectivity index (χ4n) is 2.40. The largest absolute Gasteiger partial charge is 0.497 e. The van der Waals surface area contributed by atoms with E-state index in [0.29, 0.717) is 12.0 Å². The van der Waals surface area contributed by atoms with Crippen LogP contribution in [0.2, 0.25) is 0 Å². The molecule has 94 valence electrons. The van der Waals surface area contributed by atoms with Crippen molar-refractivity contribution in [2.24, 2.45) is 17.7 Å². The SMILES string of the molecule is COc1cccc(CC(NN)C(C)C2CC2)c1. The summed E-state index contributed by atoms with van der Waals surface area (Å²) < 4.78 is 5.24. The van der Waals surface area contributed by atoms with Crippen LogP contribution in [0.4, 0.5) is 0 Å². The summed E-state index contributed by atoms with van der Waals surface area (Å²) in [5, 5.41) is 0. The molecule has 0 heterocycles. The van der Waals surface area contributed by atoms with Gasteiger partial charge in [0.25, 0.3) is 0 Å². The lowest BCUT2D eigenvalue weighted by Gasteiger charge is -2.23. The van der Waals surface area contributed by atoms with Crippen molar-refractivity contribution in [2.75, 3.05) is 7.11 Å². The molecular formula is C14H22N2O. The van der Waals surface area contributed by atoms with Crippen molar-refractivity contribution in [1.29, 1.82) is 0 Å². The van der Waals surface area contributed by atoms with Crippen molar-refractivity contribution in [3.63, 3.8) is 0 Å². The number of hydrogen-bond donors (Lipinski definition) is 2. The van der Waals surface area contributed by atoms with E-state index in [0.717, 1.165) is 18.1 Å². The molecule has 1 saturated carbocycles. The van der Waals surface area contributed by atoms with Gasteiger partial charge in [0, 0.05) is 6.04 Å². The van der Waals surface area contributed by atoms with E-state index in [9.17, 15) is 0 Å². The van der Waals surface area contributed by atoms with Crippen molar-refractivity contribution in [3.8, 4) is 5.75 Å². The van der Waals surface area contributed by atoms with E-state index in [2.05, 4.69) is 24.5 Å². The molecule has 1 aromatic carbocycles. The Bertz CT molecular complexity index is 363. The van der Waals surface area contributed by atoms with E-state index in [-0.39, 0.29) is 0 Å². The summed E-state index contributed by atoms with van der Waals surface area (Å²) in [5.74, 6) is 8.10. The topological polar surface area (TPSA) is 47.3 Å². The molecule has 2 atom stereocenters. The number of hydrogen-bond acceptors (Lipinski definition) is 3. The van der Waals surface area contributed by atoms with E-state index in [4.69, 9.17) is 10.6 Å². The molecule has 0 aliphatic heterocycles. The minimum atomic E-state index is 0.356. The lowest BCUT2D eigenvalue weighted by Crippen LogP contribution is -2.42. The quantitative estimate of drug-likeness (QED) is 0.585. The summed E-state index contributed by atoms with van der Waals surface area (Å²) in [6.07, 6.45) is 3.68. The molecule has 3 N–H and O–H groups in total. The smallest absolute Gasteiger partial charge is 0.119 e. The third-order valence-corrected chi connectivity index (χ3v) is 3.80. The molecule has 1 aliphatic rings. The molecule has 1 aromatic rings. The van der Waals surface area contributed by atoms with Crippen LogP contribution in [0.25, 0.3) is 0 Å². The zero-order valence-electron chi connectivity index (χ0n) is 10.6. The molecular weight excluding hydrogens is 212 g/mol. The highest BCUT2D eigenvalue weighted by molar-refractivity contribution is 5.29. The van der Waals surface area contributed by atoms with Crippen LogP contribution >= 0.6 is 0 Å². The van der Waals surface area contributed by atoms with Gasteiger partial charge in [0.05, 0.1) is 7.11 Å². The van der Waals surface area contributed by atoms with Gasteiger partial charge in [-0.05, 0) is 48.8 Å². The first kappa shape index (κ1) is 12.4. The van der Waals surface area contributed by atoms with Crippen molar-refractivity contribution in [1.82, 2.24) is 5.43 Å². The van der Waals surface area contributed by atoms with Crippen LogP contribution in [0, 0.1) is 11.8 Å². The molecule has 0 spiro atoms. The molecule has 0 amide bonds. The molecule has 0 radical (unpaired) electrons. The zero-order chi connectivity index (χ0) is 12.3. The molecule has 0 aromatic heterocycles. The Morgan fingerprint density at radius 1 is 1.47 bits per heavy atom. The summed E-state index contributed by atoms with van der Waals surface area (Å²) in [7, 11) is 1.70. The normalized spacial score (nSPS) is 18.8. The second-order valence-corrected chi connectivity index (χ2v) is 5.03. The van der Waals surface area contributed by atoms with Gasteiger partial charge in [-0.2, -0.15) is 0 Å². The number of nitrogens with one attached hydrogen (secondary N) is 1. The second-order valence-electron chi connectivity index (χ2n) is 5.03. The summed E-state index contributed by atoms with van der Waals surface area (Å²) in [4.78, 5) is 0. The molecule has 3 heteroatoms. The van der Waals surface area contributed by atoms with Crippen LogP contribution in [-0.2, 0) is 6.42 Å². The Kier molecular flexibility index (Phi) is 4.02. The molecule has 17 heavy (non-hydrogen) atoms. The van der Waals surface area contributed by atoms with Crippen LogP contribution < -0.4 is 16.0 Å². The van der Waals surface area contributed by atoms with Gasteiger partial charge in [-0.15, -0.1) is 0 Å². The maximum absolute atomic E-state index is 5.68. The molecule has 2 rings (SSSR count). The monoisotopic (exact) mass is 234 g/mol. The first-order valence-electron chi connectivity index (χ1n) is 6.33. The third-order valence-electron chi connectivity index (χ3n) is 3.80. The highest BCUT2D eigenvalue weighted by Gasteiger charge is 2.32. The zero-order valence-corrected chi connectivity index (χ0v) is 10.6. The first-order valence-corrected chi connectivity index (χ1v) is 6.33. The average molecular weight is 234 g/mol. The van der Waals surface area contributed by atoms with E-state index < -0.39 is 0 Å². The lowest BCUT2D eigenvalue weighted by molar-refractivity contribution is 0.343. The average Bonchev–Trinajstić information content (AvgIpc) is 3.19. The number of rotatable bonds is 6. The summed E-state index contributed by atoms with van der Waals surface area (Å²) >= 11 is 0. The summed E-state index contributed by atoms with van der Waals surface area (Å²) in [6, 6.07) is 8.58. The van der Waals surface area contributed by atoms with Gasteiger partial charge in [0.15, 0.2) is 0 Å². The maximum atomic E-state index is 5.68. The number of ether oxygens (including phenoxy) is 1. The van der Waals surface area contributed by atoms with Crippen LogP contribution in [0.5, 0.6) is 5.75 Å². The van der Waals surface area contributed by atoms with Gasteiger partial charge in [-0.3, -0.25) is 11.3 Å². The Morgan fingerprint density at radius 2 is 2.24 bits per heavy atom. The molecule has 0 saturated heterocycles. The Balaban J connectivity index is 2.01. The minimum Gasteiger partial charge on any atom is -0.497 e. The third kappa shape index (κ3) is 3.20. The van der Waals surface area contributed by atoms with E-state index in [1.54, 1.807) is 7.11 Å². The number of benzene rings is 1. The predicted molar refractivity (Wildman–Crippen MR) is 69.7 cm³/mol. The standard InChI is InChI=1S/C14H22N2O/c1-10(12-6-7-12)14(16-15)9-11-4-3-5-13(8-11)17-2/h3-5,8,10,12,14,16H,6-7,9,15H2,1-2H3. The van der Waals surface area contributed by atoms with E-state index in [1.807, 2.05) is 12.1 Å². The van der Waals surface area contributed by atoms with Crippen LogP contribution in [0.1, 0.15) is 25.3 Å². The number of methoxy groups -OCH3 is 1. The summed E-state index contributed by atoms with van der Waals surface area (Å²) in [5.41, 5.74) is 4.25. The van der Waals surface area contributed by atoms with Crippen molar-refractivity contribution in [3.05, 3.63) is 29.8 Å². The van der Waals surface area contributed by atoms with Crippen LogP contribution in [0.3, 0.4) is 0 Å². The van der Waals surface area contributed by atoms with E-state index in [1.165, 1.54) is 18.4 Å². The highest BCUT2D eigenvalue weighted by Crippen LogP contribution is 2.38. The Morgan fingerprint density at radius 3 is 2.82 bits per heavy atom. The van der Waals surface area contributed by atoms with Gasteiger partial charge < -0.3 is 4.74 Å². The fraction of sp³-hybridized carbons (Fsp3) is 0.571. The van der Waals surface area contributed by atoms with Crippen molar-refractivity contribution in [2.45, 2.75) is 32.2 Å². The van der Waals surface area contributed by atoms with Crippen molar-refractivity contribution >= 4 is 0 Å². The lowest BCUT2D eigenvalue weighted by atomic mass is 9.91.